The third-order valence-corrected chi connectivity index (χ3v) is 3.70. The van der Waals surface area contributed by atoms with E-state index in [1.165, 1.54) is 0 Å². The maximum atomic E-state index is 5.91. The fraction of sp³-hybridized carbons (Fsp3) is 0.250. The molecule has 1 aromatic heterocycles. The summed E-state index contributed by atoms with van der Waals surface area (Å²) < 4.78 is 6.22. The molecule has 0 radical (unpaired) electrons. The predicted octanol–water partition coefficient (Wildman–Crippen LogP) is 4.16. The summed E-state index contributed by atoms with van der Waals surface area (Å²) in [4.78, 5) is 0. The van der Waals surface area contributed by atoms with Crippen LogP contribution < -0.4 is 5.32 Å². The largest absolute Gasteiger partial charge is 0.380 e. The van der Waals surface area contributed by atoms with Crippen molar-refractivity contribution in [2.45, 2.75) is 20.4 Å². The van der Waals surface area contributed by atoms with Crippen molar-refractivity contribution in [1.29, 1.82) is 0 Å². The number of anilines is 1. The van der Waals surface area contributed by atoms with Crippen LogP contribution in [0.5, 0.6) is 0 Å². The summed E-state index contributed by atoms with van der Waals surface area (Å²) in [7, 11) is 0. The summed E-state index contributed by atoms with van der Waals surface area (Å²) in [5, 5.41) is 8.03. The van der Waals surface area contributed by atoms with E-state index >= 15 is 0 Å². The van der Waals surface area contributed by atoms with Crippen molar-refractivity contribution in [3.8, 4) is 0 Å². The van der Waals surface area contributed by atoms with Crippen LogP contribution in [-0.4, -0.2) is 5.16 Å². The van der Waals surface area contributed by atoms with Gasteiger partial charge in [-0.25, -0.2) is 0 Å². The average Bonchev–Trinajstić information content (AvgIpc) is 2.58. The Labute approximate surface area is 119 Å². The van der Waals surface area contributed by atoms with Crippen molar-refractivity contribution < 1.29 is 4.52 Å². The van der Waals surface area contributed by atoms with Gasteiger partial charge in [-0.15, -0.1) is 0 Å². The van der Waals surface area contributed by atoms with Crippen molar-refractivity contribution in [3.05, 3.63) is 43.8 Å². The molecule has 0 aliphatic heterocycles. The summed E-state index contributed by atoms with van der Waals surface area (Å²) in [6, 6.07) is 5.78. The van der Waals surface area contributed by atoms with E-state index in [1.807, 2.05) is 32.0 Å². The number of hydrogen-bond donors (Lipinski definition) is 1. The number of aryl methyl sites for hydroxylation is 2. The minimum absolute atomic E-state index is 0.707. The van der Waals surface area contributed by atoms with Gasteiger partial charge in [0.2, 0.25) is 0 Å². The molecule has 5 heteroatoms. The van der Waals surface area contributed by atoms with Gasteiger partial charge in [-0.05, 0) is 54.6 Å². The molecule has 17 heavy (non-hydrogen) atoms. The lowest BCUT2D eigenvalue weighted by molar-refractivity contribution is 0.392. The van der Waals surface area contributed by atoms with Crippen LogP contribution in [-0.2, 0) is 6.54 Å². The molecule has 0 saturated carbocycles. The highest BCUT2D eigenvalue weighted by atomic mass is 127. The van der Waals surface area contributed by atoms with E-state index in [0.717, 1.165) is 31.3 Å². The minimum atomic E-state index is 0.707. The van der Waals surface area contributed by atoms with Crippen LogP contribution >= 0.6 is 34.2 Å². The lowest BCUT2D eigenvalue weighted by atomic mass is 10.2. The Morgan fingerprint density at radius 2 is 2.18 bits per heavy atom. The lowest BCUT2D eigenvalue weighted by Gasteiger charge is -2.08. The first-order valence-corrected chi connectivity index (χ1v) is 6.64. The average molecular weight is 363 g/mol. The maximum absolute atomic E-state index is 5.91. The number of benzene rings is 1. The van der Waals surface area contributed by atoms with Crippen molar-refractivity contribution in [3.63, 3.8) is 0 Å². The Morgan fingerprint density at radius 3 is 2.76 bits per heavy atom. The fourth-order valence-electron chi connectivity index (χ4n) is 1.57. The van der Waals surface area contributed by atoms with E-state index in [4.69, 9.17) is 16.1 Å². The topological polar surface area (TPSA) is 38.1 Å². The highest BCUT2D eigenvalue weighted by Crippen LogP contribution is 2.23. The number of hydrogen-bond acceptors (Lipinski definition) is 3. The molecule has 0 aliphatic carbocycles. The van der Waals surface area contributed by atoms with Gasteiger partial charge >= 0.3 is 0 Å². The molecular formula is C12H12ClIN2O. The summed E-state index contributed by atoms with van der Waals surface area (Å²) in [5.74, 6) is 0.860. The van der Waals surface area contributed by atoms with Crippen LogP contribution in [0.1, 0.15) is 17.0 Å². The molecule has 1 aromatic carbocycles. The van der Waals surface area contributed by atoms with Crippen molar-refractivity contribution in [1.82, 2.24) is 5.16 Å². The van der Waals surface area contributed by atoms with Gasteiger partial charge in [0.25, 0.3) is 0 Å². The first-order valence-electron chi connectivity index (χ1n) is 5.18. The van der Waals surface area contributed by atoms with E-state index in [1.54, 1.807) is 0 Å². The van der Waals surface area contributed by atoms with Crippen LogP contribution in [0.4, 0.5) is 5.69 Å². The van der Waals surface area contributed by atoms with Crippen LogP contribution in [0.2, 0.25) is 5.02 Å². The second kappa shape index (κ2) is 5.27. The number of halogens is 2. The zero-order valence-electron chi connectivity index (χ0n) is 9.55. The fourth-order valence-corrected chi connectivity index (χ4v) is 2.63. The molecule has 2 aromatic rings. The monoisotopic (exact) mass is 362 g/mol. The zero-order valence-corrected chi connectivity index (χ0v) is 12.5. The van der Waals surface area contributed by atoms with E-state index in [2.05, 4.69) is 33.1 Å². The van der Waals surface area contributed by atoms with Crippen molar-refractivity contribution in [2.24, 2.45) is 0 Å². The molecule has 0 atom stereocenters. The summed E-state index contributed by atoms with van der Waals surface area (Å²) in [6.45, 7) is 4.57. The van der Waals surface area contributed by atoms with E-state index < -0.39 is 0 Å². The molecule has 3 nitrogen and oxygen atoms in total. The van der Waals surface area contributed by atoms with E-state index in [9.17, 15) is 0 Å². The molecule has 0 unspecified atom stereocenters. The smallest absolute Gasteiger partial charge is 0.138 e. The molecule has 0 aliphatic rings. The van der Waals surface area contributed by atoms with Gasteiger partial charge in [-0.2, -0.15) is 0 Å². The molecule has 2 rings (SSSR count). The molecular weight excluding hydrogens is 351 g/mol. The Kier molecular flexibility index (Phi) is 3.93. The van der Waals surface area contributed by atoms with Gasteiger partial charge in [-0.3, -0.25) is 0 Å². The van der Waals surface area contributed by atoms with Gasteiger partial charge < -0.3 is 9.84 Å². The lowest BCUT2D eigenvalue weighted by Crippen LogP contribution is -2.02. The van der Waals surface area contributed by atoms with Crippen molar-refractivity contribution >= 4 is 39.9 Å². The Morgan fingerprint density at radius 1 is 1.41 bits per heavy atom. The first kappa shape index (κ1) is 12.7. The SMILES string of the molecule is Cc1noc(C)c1CNc1ccc(Cl)cc1I. The molecule has 90 valence electrons. The predicted molar refractivity (Wildman–Crippen MR) is 77.5 cm³/mol. The molecule has 0 fully saturated rings. The summed E-state index contributed by atoms with van der Waals surface area (Å²) in [5.41, 5.74) is 3.10. The van der Waals surface area contributed by atoms with Crippen LogP contribution in [0.15, 0.2) is 22.7 Å². The highest BCUT2D eigenvalue weighted by molar-refractivity contribution is 14.1. The van der Waals surface area contributed by atoms with Crippen LogP contribution in [0.25, 0.3) is 0 Å². The number of rotatable bonds is 3. The second-order valence-electron chi connectivity index (χ2n) is 3.78. The Balaban J connectivity index is 2.13. The standard InChI is InChI=1S/C12H12ClIN2O/c1-7-10(8(2)17-16-7)6-15-12-4-3-9(13)5-11(12)14/h3-5,15H,6H2,1-2H3. The third kappa shape index (κ3) is 2.93. The van der Waals surface area contributed by atoms with Crippen molar-refractivity contribution in [2.75, 3.05) is 5.32 Å². The molecule has 0 saturated heterocycles. The molecule has 1 N–H and O–H groups in total. The highest BCUT2D eigenvalue weighted by Gasteiger charge is 2.09. The number of nitrogens with one attached hydrogen (secondary N) is 1. The second-order valence-corrected chi connectivity index (χ2v) is 5.38. The number of aromatic nitrogens is 1. The summed E-state index contributed by atoms with van der Waals surface area (Å²) in [6.07, 6.45) is 0. The third-order valence-electron chi connectivity index (χ3n) is 2.57. The minimum Gasteiger partial charge on any atom is -0.380 e. The van der Waals surface area contributed by atoms with Gasteiger partial charge in [0.15, 0.2) is 0 Å². The molecule has 0 amide bonds. The van der Waals surface area contributed by atoms with E-state index in [0.29, 0.717) is 6.54 Å². The van der Waals surface area contributed by atoms with Gasteiger partial charge in [0, 0.05) is 26.4 Å². The van der Waals surface area contributed by atoms with Crippen LogP contribution in [0.3, 0.4) is 0 Å². The van der Waals surface area contributed by atoms with Gasteiger partial charge in [-0.1, -0.05) is 16.8 Å². The molecule has 0 spiro atoms. The van der Waals surface area contributed by atoms with Gasteiger partial charge in [0.1, 0.15) is 5.76 Å². The zero-order chi connectivity index (χ0) is 12.4. The molecule has 1 heterocycles. The molecule has 0 bridgehead atoms. The van der Waals surface area contributed by atoms with Gasteiger partial charge in [0.05, 0.1) is 5.69 Å². The summed E-state index contributed by atoms with van der Waals surface area (Å²) >= 11 is 8.17. The number of nitrogens with zero attached hydrogens (tertiary/aromatic N) is 1. The van der Waals surface area contributed by atoms with Crippen LogP contribution in [0, 0.1) is 17.4 Å². The van der Waals surface area contributed by atoms with E-state index in [-0.39, 0.29) is 0 Å². The maximum Gasteiger partial charge on any atom is 0.138 e. The first-order chi connectivity index (χ1) is 8.08. The Bertz CT molecular complexity index is 520. The normalized spacial score (nSPS) is 10.6. The Hall–Kier alpha value is -0.750. The quantitative estimate of drug-likeness (QED) is 0.833.